The van der Waals surface area contributed by atoms with E-state index in [1.165, 1.54) is 18.9 Å². The van der Waals surface area contributed by atoms with Gasteiger partial charge >= 0.3 is 0 Å². The predicted octanol–water partition coefficient (Wildman–Crippen LogP) is 0.987. The van der Waals surface area contributed by atoms with Crippen molar-refractivity contribution in [2.45, 2.75) is 25.8 Å². The first kappa shape index (κ1) is 11.0. The number of carbonyl (C=O) groups excluding carboxylic acids is 1. The Labute approximate surface area is 85.3 Å². The Hall–Kier alpha value is -1.09. The first-order chi connectivity index (χ1) is 6.83. The highest BCUT2D eigenvalue weighted by Gasteiger charge is 2.19. The van der Waals surface area contributed by atoms with E-state index in [4.69, 9.17) is 0 Å². The molecule has 0 aromatic rings. The zero-order valence-corrected chi connectivity index (χ0v) is 8.62. The lowest BCUT2D eigenvalue weighted by Crippen LogP contribution is -2.31. The summed E-state index contributed by atoms with van der Waals surface area (Å²) in [6, 6.07) is 0.713. The lowest BCUT2D eigenvalue weighted by molar-refractivity contribution is -0.116. The zero-order valence-electron chi connectivity index (χ0n) is 8.62. The van der Waals surface area contributed by atoms with Crippen molar-refractivity contribution in [3.63, 3.8) is 0 Å². The molecule has 3 heteroatoms. The van der Waals surface area contributed by atoms with Gasteiger partial charge < -0.3 is 10.6 Å². The van der Waals surface area contributed by atoms with Crippen LogP contribution in [0, 0.1) is 0 Å². The fraction of sp³-hybridized carbons (Fsp3) is 0.545. The van der Waals surface area contributed by atoms with E-state index in [0.29, 0.717) is 12.6 Å². The van der Waals surface area contributed by atoms with Gasteiger partial charge in [-0.05, 0) is 19.8 Å². The second-order valence-corrected chi connectivity index (χ2v) is 3.40. The van der Waals surface area contributed by atoms with Crippen molar-refractivity contribution in [2.75, 3.05) is 13.1 Å². The van der Waals surface area contributed by atoms with Crippen LogP contribution in [-0.4, -0.2) is 25.0 Å². The number of rotatable bonds is 6. The summed E-state index contributed by atoms with van der Waals surface area (Å²) < 4.78 is 0. The van der Waals surface area contributed by atoms with Crippen LogP contribution >= 0.6 is 0 Å². The van der Waals surface area contributed by atoms with Crippen LogP contribution < -0.4 is 10.6 Å². The molecule has 1 saturated carbocycles. The number of hydrogen-bond acceptors (Lipinski definition) is 2. The summed E-state index contributed by atoms with van der Waals surface area (Å²) in [6.07, 6.45) is 9.57. The van der Waals surface area contributed by atoms with Gasteiger partial charge in [-0.3, -0.25) is 4.79 Å². The highest BCUT2D eigenvalue weighted by molar-refractivity contribution is 5.87. The maximum Gasteiger partial charge on any atom is 0.244 e. The van der Waals surface area contributed by atoms with Gasteiger partial charge in [0.1, 0.15) is 0 Å². The molecule has 1 fully saturated rings. The standard InChI is InChI=1S/C11H18N2O/c1-2-3-4-5-11(14)13-9-8-12-10-6-7-10/h2-5,10,12H,6-9H2,1H3,(H,13,14). The third-order valence-electron chi connectivity index (χ3n) is 1.99. The number of nitrogens with one attached hydrogen (secondary N) is 2. The Kier molecular flexibility index (Phi) is 5.00. The van der Waals surface area contributed by atoms with Gasteiger partial charge in [-0.25, -0.2) is 0 Å². The zero-order chi connectivity index (χ0) is 10.2. The van der Waals surface area contributed by atoms with E-state index in [1.54, 1.807) is 6.08 Å². The van der Waals surface area contributed by atoms with Crippen molar-refractivity contribution in [2.24, 2.45) is 0 Å². The molecule has 1 aliphatic carbocycles. The molecule has 0 atom stereocenters. The molecule has 0 aliphatic heterocycles. The molecule has 1 rings (SSSR count). The molecule has 0 aromatic heterocycles. The van der Waals surface area contributed by atoms with E-state index in [1.807, 2.05) is 19.1 Å². The van der Waals surface area contributed by atoms with Crippen molar-refractivity contribution in [1.29, 1.82) is 0 Å². The van der Waals surface area contributed by atoms with E-state index >= 15 is 0 Å². The molecular weight excluding hydrogens is 176 g/mol. The van der Waals surface area contributed by atoms with E-state index in [2.05, 4.69) is 10.6 Å². The number of allylic oxidation sites excluding steroid dienone is 3. The van der Waals surface area contributed by atoms with Crippen LogP contribution in [0.4, 0.5) is 0 Å². The first-order valence-corrected chi connectivity index (χ1v) is 5.13. The monoisotopic (exact) mass is 194 g/mol. The lowest BCUT2D eigenvalue weighted by atomic mass is 10.4. The second-order valence-electron chi connectivity index (χ2n) is 3.40. The Morgan fingerprint density at radius 2 is 2.14 bits per heavy atom. The minimum absolute atomic E-state index is 0.0271. The fourth-order valence-electron chi connectivity index (χ4n) is 1.06. The molecule has 0 bridgehead atoms. The van der Waals surface area contributed by atoms with E-state index in [9.17, 15) is 4.79 Å². The van der Waals surface area contributed by atoms with Crippen LogP contribution in [0.1, 0.15) is 19.8 Å². The molecule has 0 heterocycles. The molecule has 3 nitrogen and oxygen atoms in total. The molecule has 0 spiro atoms. The summed E-state index contributed by atoms with van der Waals surface area (Å²) >= 11 is 0. The maximum atomic E-state index is 11.1. The Bertz CT molecular complexity index is 229. The molecule has 0 unspecified atom stereocenters. The molecule has 2 N–H and O–H groups in total. The number of amides is 1. The predicted molar refractivity (Wildman–Crippen MR) is 58.0 cm³/mol. The van der Waals surface area contributed by atoms with Gasteiger partial charge in [0.2, 0.25) is 5.91 Å². The smallest absolute Gasteiger partial charge is 0.244 e. The van der Waals surface area contributed by atoms with Gasteiger partial charge in [0, 0.05) is 25.2 Å². The summed E-state index contributed by atoms with van der Waals surface area (Å²) in [5, 5.41) is 6.13. The minimum atomic E-state index is -0.0271. The van der Waals surface area contributed by atoms with Crippen molar-refractivity contribution >= 4 is 5.91 Å². The maximum absolute atomic E-state index is 11.1. The number of carbonyl (C=O) groups is 1. The third-order valence-corrected chi connectivity index (χ3v) is 1.99. The normalized spacial score (nSPS) is 16.6. The summed E-state index contributed by atoms with van der Waals surface area (Å²) in [5.74, 6) is -0.0271. The van der Waals surface area contributed by atoms with Crippen LogP contribution in [0.25, 0.3) is 0 Å². The average Bonchev–Trinajstić information content (AvgIpc) is 2.97. The van der Waals surface area contributed by atoms with Crippen molar-refractivity contribution in [1.82, 2.24) is 10.6 Å². The van der Waals surface area contributed by atoms with Crippen LogP contribution in [0.15, 0.2) is 24.3 Å². The largest absolute Gasteiger partial charge is 0.351 e. The van der Waals surface area contributed by atoms with Crippen molar-refractivity contribution < 1.29 is 4.79 Å². The lowest BCUT2D eigenvalue weighted by Gasteiger charge is -2.02. The molecule has 0 saturated heterocycles. The van der Waals surface area contributed by atoms with Crippen LogP contribution in [0.5, 0.6) is 0 Å². The van der Waals surface area contributed by atoms with Gasteiger partial charge in [-0.1, -0.05) is 18.2 Å². The Morgan fingerprint density at radius 1 is 1.36 bits per heavy atom. The fourth-order valence-corrected chi connectivity index (χ4v) is 1.06. The quantitative estimate of drug-likeness (QED) is 0.376. The molecule has 1 amide bonds. The minimum Gasteiger partial charge on any atom is -0.351 e. The molecule has 78 valence electrons. The molecule has 0 aromatic carbocycles. The van der Waals surface area contributed by atoms with E-state index < -0.39 is 0 Å². The second kappa shape index (κ2) is 6.38. The van der Waals surface area contributed by atoms with Crippen LogP contribution in [0.2, 0.25) is 0 Å². The van der Waals surface area contributed by atoms with Gasteiger partial charge in [0.15, 0.2) is 0 Å². The highest BCUT2D eigenvalue weighted by atomic mass is 16.1. The summed E-state index contributed by atoms with van der Waals surface area (Å²) in [5.41, 5.74) is 0. The topological polar surface area (TPSA) is 41.1 Å². The van der Waals surface area contributed by atoms with Gasteiger partial charge in [0.25, 0.3) is 0 Å². The van der Waals surface area contributed by atoms with Crippen molar-refractivity contribution in [3.8, 4) is 0 Å². The third kappa shape index (κ3) is 5.54. The van der Waals surface area contributed by atoms with Gasteiger partial charge in [-0.2, -0.15) is 0 Å². The molecule has 0 radical (unpaired) electrons. The summed E-state index contributed by atoms with van der Waals surface area (Å²) in [6.45, 7) is 3.49. The van der Waals surface area contributed by atoms with Crippen LogP contribution in [-0.2, 0) is 4.79 Å². The summed E-state index contributed by atoms with van der Waals surface area (Å²) in [7, 11) is 0. The van der Waals surface area contributed by atoms with Gasteiger partial charge in [-0.15, -0.1) is 0 Å². The van der Waals surface area contributed by atoms with Crippen molar-refractivity contribution in [3.05, 3.63) is 24.3 Å². The SMILES string of the molecule is CC=CC=CC(=O)NCCNC1CC1. The van der Waals surface area contributed by atoms with E-state index in [-0.39, 0.29) is 5.91 Å². The number of hydrogen-bond donors (Lipinski definition) is 2. The first-order valence-electron chi connectivity index (χ1n) is 5.13. The van der Waals surface area contributed by atoms with Crippen LogP contribution in [0.3, 0.4) is 0 Å². The van der Waals surface area contributed by atoms with Gasteiger partial charge in [0.05, 0.1) is 0 Å². The summed E-state index contributed by atoms with van der Waals surface area (Å²) in [4.78, 5) is 11.1. The van der Waals surface area contributed by atoms with E-state index in [0.717, 1.165) is 6.54 Å². The molecular formula is C11H18N2O. The Morgan fingerprint density at radius 3 is 2.79 bits per heavy atom. The average molecular weight is 194 g/mol. The molecule has 14 heavy (non-hydrogen) atoms. The highest BCUT2D eigenvalue weighted by Crippen LogP contribution is 2.17. The Balaban J connectivity index is 1.96. The molecule has 1 aliphatic rings.